The Morgan fingerprint density at radius 3 is 2.79 bits per heavy atom. The molecular weight excluding hydrogens is 236 g/mol. The van der Waals surface area contributed by atoms with Gasteiger partial charge in [-0.05, 0) is 29.7 Å². The number of para-hydroxylation sites is 1. The molecule has 1 aromatic heterocycles. The van der Waals surface area contributed by atoms with Crippen LogP contribution in [0.4, 0.5) is 5.69 Å². The van der Waals surface area contributed by atoms with Crippen LogP contribution >= 0.6 is 0 Å². The van der Waals surface area contributed by atoms with Crippen molar-refractivity contribution in [1.82, 2.24) is 4.98 Å². The van der Waals surface area contributed by atoms with E-state index < -0.39 is 5.54 Å². The molecule has 96 valence electrons. The number of nitrogens with zero attached hydrogens (tertiary/aromatic N) is 2. The van der Waals surface area contributed by atoms with Crippen molar-refractivity contribution in [1.29, 1.82) is 0 Å². The average Bonchev–Trinajstić information content (AvgIpc) is 2.45. The smallest absolute Gasteiger partial charge is 0.0677 e. The fraction of sp³-hybridized carbons (Fsp3) is 0.200. The summed E-state index contributed by atoms with van der Waals surface area (Å²) in [5, 5.41) is 0. The standard InChI is InChI=1S/C15H16N4/c16-14-10-19-13-6-2-1-5-12(13)15(14,17)8-11-4-3-7-18-9-11/h1-7,9-10,14H,8,16-17H2. The Hall–Kier alpha value is -2.04. The Balaban J connectivity index is 2.04. The molecule has 0 saturated carbocycles. The molecule has 2 heterocycles. The molecular formula is C15H16N4. The molecule has 4 nitrogen and oxygen atoms in total. The second-order valence-corrected chi connectivity index (χ2v) is 4.90. The van der Waals surface area contributed by atoms with Crippen molar-refractivity contribution in [2.75, 3.05) is 0 Å². The third-order valence-corrected chi connectivity index (χ3v) is 3.59. The van der Waals surface area contributed by atoms with Crippen LogP contribution in [0.25, 0.3) is 0 Å². The summed E-state index contributed by atoms with van der Waals surface area (Å²) in [5.41, 5.74) is 15.1. The van der Waals surface area contributed by atoms with Crippen molar-refractivity contribution in [2.45, 2.75) is 18.0 Å². The zero-order chi connectivity index (χ0) is 13.3. The van der Waals surface area contributed by atoms with Crippen molar-refractivity contribution in [3.05, 3.63) is 59.9 Å². The summed E-state index contributed by atoms with van der Waals surface area (Å²) in [4.78, 5) is 8.50. The van der Waals surface area contributed by atoms with Gasteiger partial charge >= 0.3 is 0 Å². The lowest BCUT2D eigenvalue weighted by molar-refractivity contribution is 0.409. The van der Waals surface area contributed by atoms with Crippen molar-refractivity contribution in [3.8, 4) is 0 Å². The maximum absolute atomic E-state index is 6.60. The number of rotatable bonds is 2. The van der Waals surface area contributed by atoms with Crippen LogP contribution in [-0.4, -0.2) is 17.2 Å². The number of benzene rings is 1. The highest BCUT2D eigenvalue weighted by molar-refractivity contribution is 5.77. The van der Waals surface area contributed by atoms with Gasteiger partial charge in [-0.1, -0.05) is 24.3 Å². The molecule has 0 aliphatic carbocycles. The van der Waals surface area contributed by atoms with E-state index in [2.05, 4.69) is 9.98 Å². The van der Waals surface area contributed by atoms with Crippen LogP contribution in [0.1, 0.15) is 11.1 Å². The van der Waals surface area contributed by atoms with E-state index in [9.17, 15) is 0 Å². The summed E-state index contributed by atoms with van der Waals surface area (Å²) < 4.78 is 0. The quantitative estimate of drug-likeness (QED) is 0.850. The summed E-state index contributed by atoms with van der Waals surface area (Å²) in [7, 11) is 0. The molecule has 1 aliphatic heterocycles. The van der Waals surface area contributed by atoms with Gasteiger partial charge in [-0.3, -0.25) is 9.98 Å². The third kappa shape index (κ3) is 2.05. The fourth-order valence-electron chi connectivity index (χ4n) is 2.51. The van der Waals surface area contributed by atoms with Crippen LogP contribution < -0.4 is 11.5 Å². The molecule has 0 fully saturated rings. The maximum atomic E-state index is 6.60. The summed E-state index contributed by atoms with van der Waals surface area (Å²) >= 11 is 0. The largest absolute Gasteiger partial charge is 0.321 e. The van der Waals surface area contributed by atoms with Gasteiger partial charge in [0, 0.05) is 18.6 Å². The monoisotopic (exact) mass is 252 g/mol. The number of nitrogens with two attached hydrogens (primary N) is 2. The van der Waals surface area contributed by atoms with Gasteiger partial charge in [-0.15, -0.1) is 0 Å². The second-order valence-electron chi connectivity index (χ2n) is 4.90. The predicted molar refractivity (Wildman–Crippen MR) is 76.4 cm³/mol. The van der Waals surface area contributed by atoms with E-state index in [4.69, 9.17) is 11.5 Å². The minimum absolute atomic E-state index is 0.303. The Bertz CT molecular complexity index is 609. The Morgan fingerprint density at radius 1 is 1.16 bits per heavy atom. The first-order valence-electron chi connectivity index (χ1n) is 6.27. The Morgan fingerprint density at radius 2 is 2.00 bits per heavy atom. The molecule has 1 aliphatic rings. The minimum atomic E-state index is -0.638. The lowest BCUT2D eigenvalue weighted by Crippen LogP contribution is -2.56. The zero-order valence-electron chi connectivity index (χ0n) is 10.5. The first-order chi connectivity index (χ1) is 9.20. The highest BCUT2D eigenvalue weighted by atomic mass is 14.9. The highest BCUT2D eigenvalue weighted by Crippen LogP contribution is 2.35. The van der Waals surface area contributed by atoms with Crippen molar-refractivity contribution in [3.63, 3.8) is 0 Å². The molecule has 1 aromatic carbocycles. The van der Waals surface area contributed by atoms with Gasteiger partial charge in [0.25, 0.3) is 0 Å². The van der Waals surface area contributed by atoms with Crippen LogP contribution in [0.5, 0.6) is 0 Å². The summed E-state index contributed by atoms with van der Waals surface area (Å²) in [5.74, 6) is 0. The topological polar surface area (TPSA) is 77.3 Å². The van der Waals surface area contributed by atoms with E-state index in [0.717, 1.165) is 16.8 Å². The summed E-state index contributed by atoms with van der Waals surface area (Å²) in [6.45, 7) is 0. The van der Waals surface area contributed by atoms with E-state index in [1.807, 2.05) is 42.6 Å². The number of aliphatic imine (C=N–C) groups is 1. The van der Waals surface area contributed by atoms with Crippen LogP contribution in [0.15, 0.2) is 53.8 Å². The number of hydrogen-bond acceptors (Lipinski definition) is 4. The Labute approximate surface area is 112 Å². The fourth-order valence-corrected chi connectivity index (χ4v) is 2.51. The van der Waals surface area contributed by atoms with Crippen LogP contribution in [0, 0.1) is 0 Å². The van der Waals surface area contributed by atoms with Crippen LogP contribution in [-0.2, 0) is 12.0 Å². The second kappa shape index (κ2) is 4.57. The molecule has 3 rings (SSSR count). The molecule has 19 heavy (non-hydrogen) atoms. The zero-order valence-corrected chi connectivity index (χ0v) is 10.5. The van der Waals surface area contributed by atoms with Crippen molar-refractivity contribution >= 4 is 11.9 Å². The van der Waals surface area contributed by atoms with E-state index >= 15 is 0 Å². The van der Waals surface area contributed by atoms with Gasteiger partial charge in [0.05, 0.1) is 17.3 Å². The first kappa shape index (κ1) is 12.0. The van der Waals surface area contributed by atoms with Gasteiger partial charge in [-0.2, -0.15) is 0 Å². The van der Waals surface area contributed by atoms with Crippen LogP contribution in [0.3, 0.4) is 0 Å². The molecule has 4 heteroatoms. The number of fused-ring (bicyclic) bond motifs is 1. The van der Waals surface area contributed by atoms with Gasteiger partial charge in [0.2, 0.25) is 0 Å². The summed E-state index contributed by atoms with van der Waals surface area (Å²) in [6.07, 6.45) is 5.96. The average molecular weight is 252 g/mol. The normalized spacial score (nSPS) is 25.1. The van der Waals surface area contributed by atoms with Gasteiger partial charge in [0.1, 0.15) is 0 Å². The molecule has 2 unspecified atom stereocenters. The summed E-state index contributed by atoms with van der Waals surface area (Å²) in [6, 6.07) is 11.5. The lowest BCUT2D eigenvalue weighted by atomic mass is 9.77. The van der Waals surface area contributed by atoms with Gasteiger partial charge in [0.15, 0.2) is 0 Å². The van der Waals surface area contributed by atoms with Gasteiger partial charge in [-0.25, -0.2) is 0 Å². The first-order valence-corrected chi connectivity index (χ1v) is 6.27. The Kier molecular flexibility index (Phi) is 2.89. The molecule has 0 saturated heterocycles. The molecule has 0 amide bonds. The van der Waals surface area contributed by atoms with Crippen molar-refractivity contribution in [2.24, 2.45) is 16.5 Å². The SMILES string of the molecule is NC1C=Nc2ccccc2C1(N)Cc1cccnc1. The molecule has 2 aromatic rings. The third-order valence-electron chi connectivity index (χ3n) is 3.59. The molecule has 0 bridgehead atoms. The van der Waals surface area contributed by atoms with E-state index in [1.165, 1.54) is 0 Å². The van der Waals surface area contributed by atoms with E-state index in [0.29, 0.717) is 6.42 Å². The van der Waals surface area contributed by atoms with Crippen molar-refractivity contribution < 1.29 is 0 Å². The minimum Gasteiger partial charge on any atom is -0.321 e. The van der Waals surface area contributed by atoms with E-state index in [1.54, 1.807) is 12.4 Å². The number of pyridine rings is 1. The molecule has 2 atom stereocenters. The van der Waals surface area contributed by atoms with E-state index in [-0.39, 0.29) is 6.04 Å². The molecule has 4 N–H and O–H groups in total. The molecule has 0 radical (unpaired) electrons. The van der Waals surface area contributed by atoms with Gasteiger partial charge < -0.3 is 11.5 Å². The maximum Gasteiger partial charge on any atom is 0.0677 e. The number of aromatic nitrogens is 1. The van der Waals surface area contributed by atoms with Crippen LogP contribution in [0.2, 0.25) is 0 Å². The number of hydrogen-bond donors (Lipinski definition) is 2. The molecule has 0 spiro atoms. The predicted octanol–water partition coefficient (Wildman–Crippen LogP) is 1.52. The lowest BCUT2D eigenvalue weighted by Gasteiger charge is -2.37. The highest BCUT2D eigenvalue weighted by Gasteiger charge is 2.37.